The molecule has 2 heterocycles. The Balaban J connectivity index is 0.00000210. The molecule has 0 spiro atoms. The minimum Gasteiger partial charge on any atom is -0.479 e. The highest BCUT2D eigenvalue weighted by molar-refractivity contribution is 7.56. The summed E-state index contributed by atoms with van der Waals surface area (Å²) in [5.41, 5.74) is 7.53. The molecule has 3 rings (SSSR count). The molecule has 3 aromatic rings. The van der Waals surface area contributed by atoms with Gasteiger partial charge in [-0.15, -0.1) is 0 Å². The van der Waals surface area contributed by atoms with E-state index >= 15 is 0 Å². The van der Waals surface area contributed by atoms with Gasteiger partial charge >= 0.3 is 5.97 Å². The first kappa shape index (κ1) is 28.2. The van der Waals surface area contributed by atoms with Gasteiger partial charge in [0.1, 0.15) is 12.9 Å². The summed E-state index contributed by atoms with van der Waals surface area (Å²) in [6.45, 7) is 6.29. The van der Waals surface area contributed by atoms with Gasteiger partial charge in [0.2, 0.25) is 11.8 Å². The van der Waals surface area contributed by atoms with Crippen molar-refractivity contribution in [1.82, 2.24) is 24.6 Å². The molecule has 1 atom stereocenters. The van der Waals surface area contributed by atoms with Crippen molar-refractivity contribution in [3.63, 3.8) is 0 Å². The highest BCUT2D eigenvalue weighted by Crippen LogP contribution is 2.43. The lowest BCUT2D eigenvalue weighted by molar-refractivity contribution is -0.141. The van der Waals surface area contributed by atoms with Crippen molar-refractivity contribution in [2.75, 3.05) is 38.9 Å². The molecule has 0 bridgehead atoms. The molecular formula is C22H33N6O6P. The average molecular weight is 509 g/mol. The molecule has 12 nitrogen and oxygen atoms in total. The van der Waals surface area contributed by atoms with E-state index in [-0.39, 0.29) is 44.5 Å². The molecule has 0 aliphatic carbocycles. The summed E-state index contributed by atoms with van der Waals surface area (Å²) >= 11 is 0. The molecule has 0 fully saturated rings. The third-order valence-electron chi connectivity index (χ3n) is 4.43. The number of methoxy groups -OCH3 is 1. The summed E-state index contributed by atoms with van der Waals surface area (Å²) < 4.78 is 36.3. The third kappa shape index (κ3) is 8.59. The average Bonchev–Trinajstić information content (AvgIpc) is 3.28. The van der Waals surface area contributed by atoms with E-state index in [0.717, 1.165) is 5.56 Å². The number of anilines is 1. The molecule has 1 unspecified atom stereocenters. The Morgan fingerprint density at radius 1 is 1.20 bits per heavy atom. The summed E-state index contributed by atoms with van der Waals surface area (Å²) in [5, 5.41) is 2.66. The van der Waals surface area contributed by atoms with E-state index < -0.39 is 13.5 Å². The van der Waals surface area contributed by atoms with Gasteiger partial charge in [0.15, 0.2) is 11.2 Å². The molecule has 0 saturated heterocycles. The Morgan fingerprint density at radius 3 is 2.63 bits per heavy atom. The number of nitrogens with two attached hydrogens (primary N) is 1. The number of rotatable bonds is 13. The lowest BCUT2D eigenvalue weighted by Gasteiger charge is -2.19. The third-order valence-corrected chi connectivity index (χ3v) is 6.14. The number of imidazole rings is 1. The van der Waals surface area contributed by atoms with Crippen molar-refractivity contribution in [3.05, 3.63) is 42.2 Å². The normalized spacial score (nSPS) is 12.5. The van der Waals surface area contributed by atoms with E-state index in [4.69, 9.17) is 24.5 Å². The lowest BCUT2D eigenvalue weighted by Crippen LogP contribution is -2.25. The van der Waals surface area contributed by atoms with Crippen LogP contribution < -0.4 is 15.6 Å². The maximum absolute atomic E-state index is 13.3. The summed E-state index contributed by atoms with van der Waals surface area (Å²) in [6, 6.07) is 9.28. The monoisotopic (exact) mass is 508 g/mol. The number of carbonyl (C=O) groups excluding carboxylic acids is 1. The zero-order chi connectivity index (χ0) is 25.7. The van der Waals surface area contributed by atoms with Gasteiger partial charge in [0, 0.05) is 6.54 Å². The molecule has 1 aromatic carbocycles. The number of nitrogen functional groups attached to an aromatic ring is 1. The minimum absolute atomic E-state index is 0.0593. The Kier molecular flexibility index (Phi) is 11.6. The number of ether oxygens (including phenoxy) is 3. The quantitative estimate of drug-likeness (QED) is 0.199. The number of nitrogens with zero attached hydrogens (tertiary/aromatic N) is 4. The van der Waals surface area contributed by atoms with E-state index in [2.05, 4.69) is 20.0 Å². The van der Waals surface area contributed by atoms with Gasteiger partial charge in [-0.2, -0.15) is 9.97 Å². The van der Waals surface area contributed by atoms with Crippen LogP contribution in [0.3, 0.4) is 0 Å². The van der Waals surface area contributed by atoms with E-state index in [1.165, 1.54) is 7.11 Å². The number of hydrogen-bond donors (Lipinski definition) is 2. The van der Waals surface area contributed by atoms with Crippen LogP contribution in [0.25, 0.3) is 11.2 Å². The molecule has 0 aliphatic heterocycles. The number of hydrogen-bond acceptors (Lipinski definition) is 10. The largest absolute Gasteiger partial charge is 0.479 e. The SMILES string of the molecule is CC.CCOC(=O)CNP(=O)(COCCn1cnc2c(OC)nc(N)nc21)OCc1ccccc1. The highest BCUT2D eigenvalue weighted by atomic mass is 31.2. The molecule has 0 aliphatic rings. The fraction of sp³-hybridized carbons (Fsp3) is 0.455. The first-order valence-corrected chi connectivity index (χ1v) is 13.0. The predicted molar refractivity (Wildman–Crippen MR) is 132 cm³/mol. The summed E-state index contributed by atoms with van der Waals surface area (Å²) in [4.78, 5) is 24.1. The van der Waals surface area contributed by atoms with Crippen LogP contribution in [0, 0.1) is 0 Å². The molecule has 13 heteroatoms. The second-order valence-corrected chi connectivity index (χ2v) is 8.99. The second-order valence-electron chi connectivity index (χ2n) is 6.81. The first-order chi connectivity index (χ1) is 16.9. The fourth-order valence-electron chi connectivity index (χ4n) is 2.87. The molecule has 3 N–H and O–H groups in total. The van der Waals surface area contributed by atoms with E-state index in [0.29, 0.717) is 17.7 Å². The summed E-state index contributed by atoms with van der Waals surface area (Å²) in [6.07, 6.45) is 1.32. The molecule has 0 radical (unpaired) electrons. The van der Waals surface area contributed by atoms with E-state index in [1.807, 2.05) is 44.2 Å². The van der Waals surface area contributed by atoms with E-state index in [9.17, 15) is 9.36 Å². The van der Waals surface area contributed by atoms with E-state index in [1.54, 1.807) is 17.8 Å². The highest BCUT2D eigenvalue weighted by Gasteiger charge is 2.25. The van der Waals surface area contributed by atoms with Crippen LogP contribution in [0.2, 0.25) is 0 Å². The van der Waals surface area contributed by atoms with Gasteiger partial charge in [0.25, 0.3) is 7.52 Å². The van der Waals surface area contributed by atoms with Crippen LogP contribution in [0.1, 0.15) is 26.3 Å². The zero-order valence-corrected chi connectivity index (χ0v) is 21.4. The second kappa shape index (κ2) is 14.4. The van der Waals surface area contributed by atoms with Crippen LogP contribution in [0.4, 0.5) is 5.95 Å². The standard InChI is InChI=1S/C20H27N6O6P.C2H6/c1-3-31-16(27)11-23-33(28,32-12-15-7-5-4-6-8-15)14-30-10-9-26-13-22-17-18(26)24-20(21)25-19(17)29-2;1-2/h4-8,13H,3,9-12,14H2,1-2H3,(H,23,28)(H2,21,24,25);1-2H3. The number of aromatic nitrogens is 4. The van der Waals surface area contributed by atoms with Gasteiger partial charge in [-0.05, 0) is 12.5 Å². The van der Waals surface area contributed by atoms with Crippen molar-refractivity contribution < 1.29 is 28.1 Å². The van der Waals surface area contributed by atoms with Crippen molar-refractivity contribution in [3.8, 4) is 5.88 Å². The fourth-order valence-corrected chi connectivity index (χ4v) is 4.22. The smallest absolute Gasteiger partial charge is 0.320 e. The number of fused-ring (bicyclic) bond motifs is 1. The summed E-state index contributed by atoms with van der Waals surface area (Å²) in [7, 11) is -2.03. The number of benzene rings is 1. The Bertz CT molecular complexity index is 1110. The number of nitrogens with one attached hydrogen (secondary N) is 1. The van der Waals surface area contributed by atoms with Gasteiger partial charge < -0.3 is 29.0 Å². The Morgan fingerprint density at radius 2 is 1.94 bits per heavy atom. The van der Waals surface area contributed by atoms with Crippen LogP contribution in [0.15, 0.2) is 36.7 Å². The van der Waals surface area contributed by atoms with Gasteiger partial charge in [-0.1, -0.05) is 44.2 Å². The van der Waals surface area contributed by atoms with Crippen LogP contribution in [-0.4, -0.2) is 58.7 Å². The minimum atomic E-state index is -3.50. The Hall–Kier alpha value is -3.05. The van der Waals surface area contributed by atoms with Crippen LogP contribution in [-0.2, 0) is 36.5 Å². The van der Waals surface area contributed by atoms with Crippen molar-refractivity contribution in [2.45, 2.75) is 33.9 Å². The summed E-state index contributed by atoms with van der Waals surface area (Å²) in [5.74, 6) is -0.194. The predicted octanol–water partition coefficient (Wildman–Crippen LogP) is 2.98. The molecule has 192 valence electrons. The first-order valence-electron chi connectivity index (χ1n) is 11.2. The van der Waals surface area contributed by atoms with Crippen molar-refractivity contribution in [1.29, 1.82) is 0 Å². The van der Waals surface area contributed by atoms with Crippen LogP contribution >= 0.6 is 7.52 Å². The zero-order valence-electron chi connectivity index (χ0n) is 20.5. The molecule has 0 amide bonds. The van der Waals surface area contributed by atoms with Crippen LogP contribution in [0.5, 0.6) is 5.88 Å². The maximum atomic E-state index is 13.3. The molecular weight excluding hydrogens is 475 g/mol. The lowest BCUT2D eigenvalue weighted by atomic mass is 10.2. The van der Waals surface area contributed by atoms with Gasteiger partial charge in [-0.3, -0.25) is 9.36 Å². The maximum Gasteiger partial charge on any atom is 0.320 e. The topological polar surface area (TPSA) is 153 Å². The van der Waals surface area contributed by atoms with Crippen molar-refractivity contribution >= 4 is 30.6 Å². The van der Waals surface area contributed by atoms with Gasteiger partial charge in [-0.25, -0.2) is 10.1 Å². The molecule has 2 aromatic heterocycles. The number of esters is 1. The number of carbonyl (C=O) groups is 1. The van der Waals surface area contributed by atoms with Crippen molar-refractivity contribution in [2.24, 2.45) is 0 Å². The van der Waals surface area contributed by atoms with Gasteiger partial charge in [0.05, 0.1) is 33.3 Å². The molecule has 35 heavy (non-hydrogen) atoms. The molecule has 0 saturated carbocycles. The Labute approximate surface area is 204 Å².